The number of carboxylic acids is 1. The summed E-state index contributed by atoms with van der Waals surface area (Å²) < 4.78 is 1.83. The van der Waals surface area contributed by atoms with Crippen LogP contribution in [0.5, 0.6) is 0 Å². The van der Waals surface area contributed by atoms with Gasteiger partial charge in [-0.2, -0.15) is 0 Å². The Bertz CT molecular complexity index is 620. The van der Waals surface area contributed by atoms with Gasteiger partial charge in [-0.3, -0.25) is 10.1 Å². The molecule has 2 aromatic heterocycles. The van der Waals surface area contributed by atoms with Crippen molar-refractivity contribution in [3.05, 3.63) is 35.2 Å². The van der Waals surface area contributed by atoms with E-state index in [0.29, 0.717) is 24.4 Å². The second-order valence-corrected chi connectivity index (χ2v) is 5.23. The maximum atomic E-state index is 11.4. The van der Waals surface area contributed by atoms with Gasteiger partial charge in [0.25, 0.3) is 0 Å². The summed E-state index contributed by atoms with van der Waals surface area (Å²) in [7, 11) is 0. The maximum absolute atomic E-state index is 11.4. The Kier molecular flexibility index (Phi) is 4.30. The SMILES string of the molecule is CCC(CC)(NCc1cn2cc(Cl)ccc2n1)C(=O)O. The van der Waals surface area contributed by atoms with Gasteiger partial charge in [0.2, 0.25) is 0 Å². The number of pyridine rings is 1. The molecule has 6 heteroatoms. The lowest BCUT2D eigenvalue weighted by molar-refractivity contribution is -0.145. The minimum Gasteiger partial charge on any atom is -0.480 e. The number of nitrogens with one attached hydrogen (secondary N) is 1. The van der Waals surface area contributed by atoms with E-state index >= 15 is 0 Å². The van der Waals surface area contributed by atoms with E-state index in [2.05, 4.69) is 10.3 Å². The van der Waals surface area contributed by atoms with E-state index in [9.17, 15) is 9.90 Å². The van der Waals surface area contributed by atoms with Crippen LogP contribution in [0.15, 0.2) is 24.5 Å². The quantitative estimate of drug-likeness (QED) is 0.860. The molecule has 5 nitrogen and oxygen atoms in total. The number of hydrogen-bond acceptors (Lipinski definition) is 3. The third kappa shape index (κ3) is 2.78. The number of aromatic nitrogens is 2. The Balaban J connectivity index is 2.17. The van der Waals surface area contributed by atoms with Crippen molar-refractivity contribution in [2.24, 2.45) is 0 Å². The number of halogens is 1. The summed E-state index contributed by atoms with van der Waals surface area (Å²) in [6.45, 7) is 4.15. The molecule has 0 aliphatic heterocycles. The fraction of sp³-hybridized carbons (Fsp3) is 0.429. The van der Waals surface area contributed by atoms with E-state index in [1.807, 2.05) is 30.5 Å². The number of fused-ring (bicyclic) bond motifs is 1. The first kappa shape index (κ1) is 14.8. The highest BCUT2D eigenvalue weighted by Crippen LogP contribution is 2.17. The highest BCUT2D eigenvalue weighted by atomic mass is 35.5. The molecule has 0 atom stereocenters. The van der Waals surface area contributed by atoms with Gasteiger partial charge in [-0.25, -0.2) is 4.98 Å². The molecule has 0 unspecified atom stereocenters. The van der Waals surface area contributed by atoms with Crippen molar-refractivity contribution in [2.75, 3.05) is 0 Å². The Morgan fingerprint density at radius 3 is 2.70 bits per heavy atom. The monoisotopic (exact) mass is 295 g/mol. The molecule has 0 spiro atoms. The van der Waals surface area contributed by atoms with E-state index in [1.54, 1.807) is 12.3 Å². The third-order valence-corrected chi connectivity index (χ3v) is 3.91. The van der Waals surface area contributed by atoms with Gasteiger partial charge in [0, 0.05) is 18.9 Å². The van der Waals surface area contributed by atoms with Crippen LogP contribution in [-0.4, -0.2) is 26.0 Å². The average molecular weight is 296 g/mol. The minimum absolute atomic E-state index is 0.410. The van der Waals surface area contributed by atoms with Crippen LogP contribution in [0.2, 0.25) is 5.02 Å². The average Bonchev–Trinajstić information content (AvgIpc) is 2.82. The van der Waals surface area contributed by atoms with Gasteiger partial charge in [0.15, 0.2) is 0 Å². The Hall–Kier alpha value is -1.59. The summed E-state index contributed by atoms with van der Waals surface area (Å²) in [5, 5.41) is 13.1. The van der Waals surface area contributed by atoms with E-state index in [4.69, 9.17) is 11.6 Å². The van der Waals surface area contributed by atoms with Crippen molar-refractivity contribution in [3.8, 4) is 0 Å². The van der Waals surface area contributed by atoms with E-state index < -0.39 is 11.5 Å². The fourth-order valence-corrected chi connectivity index (χ4v) is 2.41. The van der Waals surface area contributed by atoms with E-state index in [0.717, 1.165) is 11.3 Å². The van der Waals surface area contributed by atoms with E-state index in [1.165, 1.54) is 0 Å². The second-order valence-electron chi connectivity index (χ2n) is 4.79. The molecule has 2 aromatic rings. The number of nitrogens with zero attached hydrogens (tertiary/aromatic N) is 2. The minimum atomic E-state index is -0.895. The Morgan fingerprint density at radius 1 is 1.40 bits per heavy atom. The number of rotatable bonds is 6. The van der Waals surface area contributed by atoms with Gasteiger partial charge in [-0.1, -0.05) is 25.4 Å². The predicted molar refractivity (Wildman–Crippen MR) is 78.0 cm³/mol. The van der Waals surface area contributed by atoms with Crippen LogP contribution in [0.1, 0.15) is 32.4 Å². The standard InChI is InChI=1S/C14H18ClN3O2/c1-3-14(4-2,13(19)20)16-7-11-9-18-8-10(15)5-6-12(18)17-11/h5-6,8-9,16H,3-4,7H2,1-2H3,(H,19,20). The van der Waals surface area contributed by atoms with Crippen LogP contribution in [-0.2, 0) is 11.3 Å². The van der Waals surface area contributed by atoms with Gasteiger partial charge in [-0.05, 0) is 25.0 Å². The van der Waals surface area contributed by atoms with Crippen molar-refractivity contribution < 1.29 is 9.90 Å². The van der Waals surface area contributed by atoms with Crippen LogP contribution in [0.3, 0.4) is 0 Å². The number of carbonyl (C=O) groups is 1. The van der Waals surface area contributed by atoms with Gasteiger partial charge in [0.1, 0.15) is 11.2 Å². The molecule has 0 saturated carbocycles. The first-order chi connectivity index (χ1) is 9.50. The molecule has 2 heterocycles. The number of carboxylic acid groups (broad SMARTS) is 1. The summed E-state index contributed by atoms with van der Waals surface area (Å²) in [6.07, 6.45) is 4.68. The lowest BCUT2D eigenvalue weighted by atomic mass is 9.93. The van der Waals surface area contributed by atoms with Crippen LogP contribution in [0.25, 0.3) is 5.65 Å². The van der Waals surface area contributed by atoms with Crippen LogP contribution >= 0.6 is 11.6 Å². The molecule has 20 heavy (non-hydrogen) atoms. The topological polar surface area (TPSA) is 66.6 Å². The molecule has 2 N–H and O–H groups in total. The zero-order valence-electron chi connectivity index (χ0n) is 11.6. The molecule has 0 aliphatic carbocycles. The molecular weight excluding hydrogens is 278 g/mol. The Morgan fingerprint density at radius 2 is 2.10 bits per heavy atom. The highest BCUT2D eigenvalue weighted by Gasteiger charge is 2.34. The zero-order chi connectivity index (χ0) is 14.8. The lowest BCUT2D eigenvalue weighted by Gasteiger charge is -2.27. The second kappa shape index (κ2) is 5.81. The molecular formula is C14H18ClN3O2. The summed E-state index contributed by atoms with van der Waals surface area (Å²) in [6, 6.07) is 3.61. The molecule has 0 saturated heterocycles. The Labute approximate surface area is 122 Å². The zero-order valence-corrected chi connectivity index (χ0v) is 12.3. The number of aliphatic carboxylic acids is 1. The number of hydrogen-bond donors (Lipinski definition) is 2. The fourth-order valence-electron chi connectivity index (χ4n) is 2.24. The van der Waals surface area contributed by atoms with Crippen molar-refractivity contribution in [3.63, 3.8) is 0 Å². The molecule has 0 aliphatic rings. The van der Waals surface area contributed by atoms with Gasteiger partial charge < -0.3 is 9.51 Å². The van der Waals surface area contributed by atoms with Crippen LogP contribution in [0, 0.1) is 0 Å². The van der Waals surface area contributed by atoms with Crippen molar-refractivity contribution in [1.82, 2.24) is 14.7 Å². The first-order valence-electron chi connectivity index (χ1n) is 6.62. The largest absolute Gasteiger partial charge is 0.480 e. The first-order valence-corrected chi connectivity index (χ1v) is 7.00. The summed E-state index contributed by atoms with van der Waals surface area (Å²) in [4.78, 5) is 15.8. The molecule has 108 valence electrons. The molecule has 0 aromatic carbocycles. The van der Waals surface area contributed by atoms with Crippen LogP contribution < -0.4 is 5.32 Å². The summed E-state index contributed by atoms with van der Waals surface area (Å²) >= 11 is 5.92. The lowest BCUT2D eigenvalue weighted by Crippen LogP contribution is -2.50. The van der Waals surface area contributed by atoms with Crippen LogP contribution in [0.4, 0.5) is 0 Å². The molecule has 0 amide bonds. The molecule has 2 rings (SSSR count). The predicted octanol–water partition coefficient (Wildman–Crippen LogP) is 2.72. The number of imidazole rings is 1. The van der Waals surface area contributed by atoms with E-state index in [-0.39, 0.29) is 0 Å². The molecule has 0 bridgehead atoms. The summed E-state index contributed by atoms with van der Waals surface area (Å²) in [5.41, 5.74) is 0.688. The smallest absolute Gasteiger partial charge is 0.323 e. The van der Waals surface area contributed by atoms with Gasteiger partial charge in [0.05, 0.1) is 10.7 Å². The third-order valence-electron chi connectivity index (χ3n) is 3.69. The summed E-state index contributed by atoms with van der Waals surface area (Å²) in [5.74, 6) is -0.825. The van der Waals surface area contributed by atoms with Crippen molar-refractivity contribution in [1.29, 1.82) is 0 Å². The van der Waals surface area contributed by atoms with Crippen molar-refractivity contribution >= 4 is 23.2 Å². The van der Waals surface area contributed by atoms with Crippen molar-refractivity contribution in [2.45, 2.75) is 38.8 Å². The molecule has 0 fully saturated rings. The van der Waals surface area contributed by atoms with Gasteiger partial charge >= 0.3 is 5.97 Å². The maximum Gasteiger partial charge on any atom is 0.323 e. The van der Waals surface area contributed by atoms with Gasteiger partial charge in [-0.15, -0.1) is 0 Å². The normalized spacial score (nSPS) is 11.9. The molecule has 0 radical (unpaired) electrons. The highest BCUT2D eigenvalue weighted by molar-refractivity contribution is 6.30.